The zero-order valence-electron chi connectivity index (χ0n) is 16.1. The molecule has 0 radical (unpaired) electrons. The van der Waals surface area contributed by atoms with Gasteiger partial charge in [-0.05, 0) is 31.9 Å². The maximum absolute atomic E-state index is 6.37. The Kier molecular flexibility index (Phi) is 5.71. The average Bonchev–Trinajstić information content (AvgIpc) is 3.28. The topological polar surface area (TPSA) is 41.7 Å². The third-order valence-electron chi connectivity index (χ3n) is 6.03. The Labute approximate surface area is 166 Å². The summed E-state index contributed by atoms with van der Waals surface area (Å²) in [6, 6.07) is 10.8. The highest BCUT2D eigenvalue weighted by molar-refractivity contribution is 6.33. The van der Waals surface area contributed by atoms with Gasteiger partial charge in [-0.3, -0.25) is 4.90 Å². The lowest BCUT2D eigenvalue weighted by molar-refractivity contribution is 0.0728. The smallest absolute Gasteiger partial charge is 0.137 e. The fraction of sp³-hybridized carbons (Fsp3) is 0.571. The highest BCUT2D eigenvalue weighted by Gasteiger charge is 2.38. The minimum atomic E-state index is 0.261. The third kappa shape index (κ3) is 4.15. The Morgan fingerprint density at radius 3 is 2.67 bits per heavy atom. The summed E-state index contributed by atoms with van der Waals surface area (Å²) in [6.45, 7) is 6.14. The van der Waals surface area contributed by atoms with Crippen LogP contribution in [0, 0.1) is 12.8 Å². The normalized spacial score (nSPS) is 24.6. The zero-order valence-corrected chi connectivity index (χ0v) is 16.9. The van der Waals surface area contributed by atoms with E-state index in [1.165, 1.54) is 0 Å². The van der Waals surface area contributed by atoms with Crippen LogP contribution in [0.15, 0.2) is 34.9 Å². The lowest BCUT2D eigenvalue weighted by Gasteiger charge is -2.38. The molecule has 0 saturated carbocycles. The van der Waals surface area contributed by atoms with E-state index >= 15 is 0 Å². The molecule has 2 aromatic rings. The Hall–Kier alpha value is -1.56. The molecule has 2 saturated heterocycles. The Balaban J connectivity index is 1.35. The van der Waals surface area contributed by atoms with E-state index in [-0.39, 0.29) is 6.10 Å². The summed E-state index contributed by atoms with van der Waals surface area (Å²) in [4.78, 5) is 5.03. The summed E-state index contributed by atoms with van der Waals surface area (Å²) in [6.07, 6.45) is 3.48. The number of benzene rings is 1. The van der Waals surface area contributed by atoms with E-state index in [2.05, 4.69) is 27.1 Å². The predicted molar refractivity (Wildman–Crippen MR) is 107 cm³/mol. The van der Waals surface area contributed by atoms with Gasteiger partial charge in [0.15, 0.2) is 0 Å². The van der Waals surface area contributed by atoms with E-state index in [0.29, 0.717) is 12.0 Å². The summed E-state index contributed by atoms with van der Waals surface area (Å²) < 4.78 is 11.2. The van der Waals surface area contributed by atoms with Gasteiger partial charge < -0.3 is 14.2 Å². The van der Waals surface area contributed by atoms with E-state index in [1.807, 2.05) is 32.2 Å². The Morgan fingerprint density at radius 1 is 1.22 bits per heavy atom. The Morgan fingerprint density at radius 2 is 2.00 bits per heavy atom. The molecule has 1 aromatic heterocycles. The van der Waals surface area contributed by atoms with Crippen molar-refractivity contribution in [3.05, 3.63) is 46.8 Å². The monoisotopic (exact) mass is 389 g/mol. The second-order valence-electron chi connectivity index (χ2n) is 7.80. The molecule has 27 heavy (non-hydrogen) atoms. The second-order valence-corrected chi connectivity index (χ2v) is 8.20. The van der Waals surface area contributed by atoms with E-state index < -0.39 is 0 Å². The van der Waals surface area contributed by atoms with E-state index in [9.17, 15) is 0 Å². The van der Waals surface area contributed by atoms with Crippen molar-refractivity contribution in [3.8, 4) is 0 Å². The molecule has 0 aliphatic carbocycles. The quantitative estimate of drug-likeness (QED) is 0.778. The van der Waals surface area contributed by atoms with Gasteiger partial charge >= 0.3 is 0 Å². The van der Waals surface area contributed by atoms with Crippen molar-refractivity contribution >= 4 is 17.3 Å². The van der Waals surface area contributed by atoms with Gasteiger partial charge in [-0.15, -0.1) is 0 Å². The first-order valence-corrected chi connectivity index (χ1v) is 10.2. The SMILES string of the molecule is CO[C@H]1CN(C2CCN(c3ccccc3Cl)CC2)C[C@H]1Cc1cc(C)no1. The van der Waals surface area contributed by atoms with Gasteiger partial charge in [0.1, 0.15) is 5.76 Å². The number of anilines is 1. The summed E-state index contributed by atoms with van der Waals surface area (Å²) in [5.74, 6) is 1.43. The van der Waals surface area contributed by atoms with E-state index in [4.69, 9.17) is 20.9 Å². The van der Waals surface area contributed by atoms with Gasteiger partial charge in [-0.2, -0.15) is 0 Å². The van der Waals surface area contributed by atoms with Crippen molar-refractivity contribution in [1.29, 1.82) is 0 Å². The van der Waals surface area contributed by atoms with Gasteiger partial charge in [0.2, 0.25) is 0 Å². The maximum Gasteiger partial charge on any atom is 0.137 e. The number of halogens is 1. The van der Waals surface area contributed by atoms with Crippen LogP contribution in [0.5, 0.6) is 0 Å². The van der Waals surface area contributed by atoms with Crippen LogP contribution in [0.25, 0.3) is 0 Å². The first-order chi connectivity index (χ1) is 13.1. The van der Waals surface area contributed by atoms with Crippen molar-refractivity contribution in [1.82, 2.24) is 10.1 Å². The van der Waals surface area contributed by atoms with Crippen LogP contribution in [0.2, 0.25) is 5.02 Å². The van der Waals surface area contributed by atoms with E-state index in [0.717, 1.165) is 67.6 Å². The van der Waals surface area contributed by atoms with Crippen molar-refractivity contribution < 1.29 is 9.26 Å². The number of para-hydroxylation sites is 1. The number of hydrogen-bond donors (Lipinski definition) is 0. The summed E-state index contributed by atoms with van der Waals surface area (Å²) in [7, 11) is 1.83. The number of aryl methyl sites for hydroxylation is 1. The molecule has 0 bridgehead atoms. The van der Waals surface area contributed by atoms with Crippen molar-refractivity contribution in [2.24, 2.45) is 5.92 Å². The van der Waals surface area contributed by atoms with Crippen LogP contribution in [-0.4, -0.2) is 55.5 Å². The molecular weight excluding hydrogens is 362 g/mol. The highest BCUT2D eigenvalue weighted by Crippen LogP contribution is 2.32. The number of aromatic nitrogens is 1. The number of rotatable bonds is 5. The minimum Gasteiger partial charge on any atom is -0.380 e. The van der Waals surface area contributed by atoms with Crippen LogP contribution in [-0.2, 0) is 11.2 Å². The van der Waals surface area contributed by atoms with Gasteiger partial charge in [0.05, 0.1) is 22.5 Å². The van der Waals surface area contributed by atoms with Crippen LogP contribution in [0.1, 0.15) is 24.3 Å². The number of hydrogen-bond acceptors (Lipinski definition) is 5. The molecule has 146 valence electrons. The molecule has 2 aliphatic rings. The first-order valence-electron chi connectivity index (χ1n) is 9.82. The standard InChI is InChI=1S/C21H28ClN3O2/c1-15-11-18(27-23-15)12-16-13-25(14-21(16)26-2)17-7-9-24(10-8-17)20-6-4-3-5-19(20)22/h3-6,11,16-17,21H,7-10,12-14H2,1-2H3/t16-,21+/m1/s1. The fourth-order valence-corrected chi connectivity index (χ4v) is 4.84. The highest BCUT2D eigenvalue weighted by atomic mass is 35.5. The molecule has 2 atom stereocenters. The van der Waals surface area contributed by atoms with Crippen LogP contribution in [0.4, 0.5) is 5.69 Å². The molecule has 0 N–H and O–H groups in total. The molecule has 0 spiro atoms. The molecule has 1 aromatic carbocycles. The molecule has 0 amide bonds. The first kappa shape index (κ1) is 18.8. The molecule has 2 fully saturated rings. The summed E-state index contributed by atoms with van der Waals surface area (Å²) >= 11 is 6.37. The number of methoxy groups -OCH3 is 1. The lowest BCUT2D eigenvalue weighted by atomic mass is 10.00. The minimum absolute atomic E-state index is 0.261. The average molecular weight is 390 g/mol. The maximum atomic E-state index is 6.37. The summed E-state index contributed by atoms with van der Waals surface area (Å²) in [5.41, 5.74) is 2.10. The zero-order chi connectivity index (χ0) is 18.8. The van der Waals surface area contributed by atoms with Gasteiger partial charge in [0, 0.05) is 57.7 Å². The van der Waals surface area contributed by atoms with Crippen molar-refractivity contribution in [3.63, 3.8) is 0 Å². The van der Waals surface area contributed by atoms with Crippen molar-refractivity contribution in [2.45, 2.75) is 38.3 Å². The van der Waals surface area contributed by atoms with Crippen LogP contribution in [0.3, 0.4) is 0 Å². The van der Waals surface area contributed by atoms with Gasteiger partial charge in [-0.1, -0.05) is 28.9 Å². The number of likely N-dealkylation sites (tertiary alicyclic amines) is 1. The molecule has 2 aliphatic heterocycles. The number of ether oxygens (including phenoxy) is 1. The third-order valence-corrected chi connectivity index (χ3v) is 6.35. The van der Waals surface area contributed by atoms with Crippen LogP contribution < -0.4 is 4.90 Å². The molecule has 6 heteroatoms. The molecule has 5 nitrogen and oxygen atoms in total. The number of nitrogens with zero attached hydrogens (tertiary/aromatic N) is 3. The van der Waals surface area contributed by atoms with Crippen LogP contribution >= 0.6 is 11.6 Å². The predicted octanol–water partition coefficient (Wildman–Crippen LogP) is 3.79. The van der Waals surface area contributed by atoms with Crippen molar-refractivity contribution in [2.75, 3.05) is 38.2 Å². The lowest BCUT2D eigenvalue weighted by Crippen LogP contribution is -2.44. The van der Waals surface area contributed by atoms with E-state index in [1.54, 1.807) is 0 Å². The van der Waals surface area contributed by atoms with Gasteiger partial charge in [0.25, 0.3) is 0 Å². The largest absolute Gasteiger partial charge is 0.380 e. The molecule has 3 heterocycles. The fourth-order valence-electron chi connectivity index (χ4n) is 4.59. The second kappa shape index (κ2) is 8.21. The summed E-state index contributed by atoms with van der Waals surface area (Å²) in [5, 5.41) is 4.86. The number of piperidine rings is 1. The molecule has 0 unspecified atom stereocenters. The molecular formula is C21H28ClN3O2. The Bertz CT molecular complexity index is 757. The molecule has 4 rings (SSSR count). The van der Waals surface area contributed by atoms with Gasteiger partial charge in [-0.25, -0.2) is 0 Å².